The van der Waals surface area contributed by atoms with E-state index in [9.17, 15) is 19.2 Å². The third-order valence-corrected chi connectivity index (χ3v) is 8.01. The lowest BCUT2D eigenvalue weighted by Crippen LogP contribution is -2.45. The van der Waals surface area contributed by atoms with Gasteiger partial charge in [0.15, 0.2) is 6.61 Å². The van der Waals surface area contributed by atoms with Gasteiger partial charge in [-0.3, -0.25) is 23.9 Å². The first-order chi connectivity index (χ1) is 21.4. The van der Waals surface area contributed by atoms with Gasteiger partial charge in [-0.1, -0.05) is 12.1 Å². The molecule has 13 heteroatoms. The van der Waals surface area contributed by atoms with E-state index in [-0.39, 0.29) is 54.9 Å². The molecule has 1 saturated heterocycles. The highest BCUT2D eigenvalue weighted by molar-refractivity contribution is 7.08. The first kappa shape index (κ1) is 28.9. The average molecular weight is 615 g/mol. The maximum atomic E-state index is 13.7. The van der Waals surface area contributed by atoms with Crippen molar-refractivity contribution in [1.82, 2.24) is 30.6 Å². The van der Waals surface area contributed by atoms with Gasteiger partial charge in [0.1, 0.15) is 17.6 Å². The Balaban J connectivity index is 1.26. The van der Waals surface area contributed by atoms with Crippen molar-refractivity contribution in [3.8, 4) is 11.5 Å². The molecular formula is C31H30N6O6S. The molecule has 3 aliphatic rings. The van der Waals surface area contributed by atoms with Crippen LogP contribution < -0.4 is 25.4 Å². The summed E-state index contributed by atoms with van der Waals surface area (Å²) in [5.74, 6) is -0.643. The lowest BCUT2D eigenvalue weighted by Gasteiger charge is -2.21. The number of rotatable bonds is 5. The van der Waals surface area contributed by atoms with Crippen LogP contribution in [0.3, 0.4) is 0 Å². The molecule has 0 aliphatic carbocycles. The molecule has 5 heterocycles. The van der Waals surface area contributed by atoms with Crippen molar-refractivity contribution in [3.05, 3.63) is 100 Å². The predicted molar refractivity (Wildman–Crippen MR) is 161 cm³/mol. The van der Waals surface area contributed by atoms with Gasteiger partial charge in [-0.2, -0.15) is 16.4 Å². The molecule has 2 aromatic heterocycles. The highest BCUT2D eigenvalue weighted by Gasteiger charge is 2.38. The average Bonchev–Trinajstić information content (AvgIpc) is 3.82. The number of ether oxygens (including phenoxy) is 2. The van der Waals surface area contributed by atoms with E-state index < -0.39 is 24.0 Å². The molecule has 3 aliphatic heterocycles. The Bertz CT molecular complexity index is 1640. The minimum absolute atomic E-state index is 0.144. The normalized spacial score (nSPS) is 18.3. The minimum atomic E-state index is -0.542. The van der Waals surface area contributed by atoms with E-state index in [0.717, 1.165) is 5.56 Å². The molecule has 3 N–H and O–H groups in total. The molecule has 226 valence electrons. The van der Waals surface area contributed by atoms with Gasteiger partial charge >= 0.3 is 0 Å². The molecule has 4 bridgehead atoms. The molecule has 4 amide bonds. The molecule has 2 aromatic carbocycles. The summed E-state index contributed by atoms with van der Waals surface area (Å²) in [5.41, 5.74) is 1.79. The molecular weight excluding hydrogens is 584 g/mol. The zero-order valence-corrected chi connectivity index (χ0v) is 24.4. The van der Waals surface area contributed by atoms with E-state index in [1.54, 1.807) is 51.6 Å². The van der Waals surface area contributed by atoms with Crippen LogP contribution in [0.15, 0.2) is 77.8 Å². The van der Waals surface area contributed by atoms with Crippen molar-refractivity contribution >= 4 is 35.0 Å². The van der Waals surface area contributed by atoms with Crippen LogP contribution in [0, 0.1) is 0 Å². The highest BCUT2D eigenvalue weighted by Crippen LogP contribution is 2.24. The number of nitrogens with zero attached hydrogens (tertiary/aromatic N) is 3. The molecule has 0 spiro atoms. The minimum Gasteiger partial charge on any atom is -0.486 e. The van der Waals surface area contributed by atoms with Crippen LogP contribution in [0.2, 0.25) is 0 Å². The maximum absolute atomic E-state index is 13.7. The zero-order valence-electron chi connectivity index (χ0n) is 23.6. The number of hydrogen-bond donors (Lipinski definition) is 3. The number of carbonyl (C=O) groups is 4. The van der Waals surface area contributed by atoms with Gasteiger partial charge in [0.2, 0.25) is 0 Å². The SMILES string of the molecule is O=C1COc2cc(C(=O)NCCn3cccn3)cc(c2)C(=O)N[C@H]2CN(C(=O)c3ccsc3)C[C@@H]2Oc2ccc(cc2)CN1. The van der Waals surface area contributed by atoms with Gasteiger partial charge in [-0.15, -0.1) is 0 Å². The number of likely N-dealkylation sites (tertiary alicyclic amines) is 1. The Morgan fingerprint density at radius 3 is 2.68 bits per heavy atom. The highest BCUT2D eigenvalue weighted by atomic mass is 32.1. The summed E-state index contributed by atoms with van der Waals surface area (Å²) in [7, 11) is 0. The van der Waals surface area contributed by atoms with E-state index >= 15 is 0 Å². The van der Waals surface area contributed by atoms with E-state index in [1.165, 1.54) is 29.5 Å². The van der Waals surface area contributed by atoms with Crippen molar-refractivity contribution in [3.63, 3.8) is 0 Å². The van der Waals surface area contributed by atoms with Gasteiger partial charge in [0, 0.05) is 48.5 Å². The fourth-order valence-electron chi connectivity index (χ4n) is 5.04. The number of fused-ring (bicyclic) bond motifs is 7. The largest absolute Gasteiger partial charge is 0.486 e. The van der Waals surface area contributed by atoms with Gasteiger partial charge in [0.25, 0.3) is 23.6 Å². The quantitative estimate of drug-likeness (QED) is 0.312. The lowest BCUT2D eigenvalue weighted by atomic mass is 10.1. The number of benzene rings is 2. The summed E-state index contributed by atoms with van der Waals surface area (Å²) in [5, 5.41) is 16.4. The summed E-state index contributed by atoms with van der Waals surface area (Å²) >= 11 is 1.44. The molecule has 12 nitrogen and oxygen atoms in total. The van der Waals surface area contributed by atoms with Crippen LogP contribution in [-0.4, -0.2) is 76.7 Å². The topological polar surface area (TPSA) is 144 Å². The van der Waals surface area contributed by atoms with Gasteiger partial charge in [-0.05, 0) is 53.4 Å². The maximum Gasteiger partial charge on any atom is 0.258 e. The van der Waals surface area contributed by atoms with Gasteiger partial charge in [0.05, 0.1) is 24.7 Å². The van der Waals surface area contributed by atoms with Crippen LogP contribution in [0.5, 0.6) is 11.5 Å². The molecule has 2 atom stereocenters. The lowest BCUT2D eigenvalue weighted by molar-refractivity contribution is -0.123. The van der Waals surface area contributed by atoms with Crippen LogP contribution in [0.25, 0.3) is 0 Å². The number of amides is 4. The molecule has 0 radical (unpaired) electrons. The third kappa shape index (κ3) is 6.89. The Morgan fingerprint density at radius 1 is 1.05 bits per heavy atom. The Hall–Kier alpha value is -5.17. The fraction of sp³-hybridized carbons (Fsp3) is 0.258. The van der Waals surface area contributed by atoms with E-state index in [0.29, 0.717) is 24.4 Å². The smallest absolute Gasteiger partial charge is 0.258 e. The Kier molecular flexibility index (Phi) is 8.55. The first-order valence-corrected chi connectivity index (χ1v) is 15.0. The number of carbonyl (C=O) groups excluding carboxylic acids is 4. The third-order valence-electron chi connectivity index (χ3n) is 7.33. The summed E-state index contributed by atoms with van der Waals surface area (Å²) < 4.78 is 13.7. The Morgan fingerprint density at radius 2 is 1.91 bits per heavy atom. The van der Waals surface area contributed by atoms with Crippen molar-refractivity contribution in [2.45, 2.75) is 25.2 Å². The van der Waals surface area contributed by atoms with Crippen LogP contribution >= 0.6 is 11.3 Å². The standard InChI is InChI=1S/C31H30N6O6S/c38-28-18-42-25-13-22(29(39)32-8-10-37-9-1-7-34-37)12-23(14-25)30(40)35-26-16-36(31(41)21-6-11-44-19-21)17-27(26)43-24-4-2-20(3-5-24)15-33-28/h1-7,9,11-14,19,26-27H,8,10,15-18H2,(H,32,39)(H,33,38)(H,35,40)/t26-,27-/m0/s1. The molecule has 4 aromatic rings. The van der Waals surface area contributed by atoms with Gasteiger partial charge < -0.3 is 30.3 Å². The monoisotopic (exact) mass is 614 g/mol. The van der Waals surface area contributed by atoms with Crippen molar-refractivity contribution in [2.24, 2.45) is 0 Å². The van der Waals surface area contributed by atoms with Crippen molar-refractivity contribution in [1.29, 1.82) is 0 Å². The van der Waals surface area contributed by atoms with E-state index in [2.05, 4.69) is 21.0 Å². The predicted octanol–water partition coefficient (Wildman–Crippen LogP) is 2.09. The second-order valence-electron chi connectivity index (χ2n) is 10.4. The number of hydrogen-bond acceptors (Lipinski definition) is 8. The fourth-order valence-corrected chi connectivity index (χ4v) is 5.67. The second kappa shape index (κ2) is 13.0. The summed E-state index contributed by atoms with van der Waals surface area (Å²) in [6, 6.07) is 14.7. The van der Waals surface area contributed by atoms with Crippen LogP contribution in [0.4, 0.5) is 0 Å². The van der Waals surface area contributed by atoms with E-state index in [1.807, 2.05) is 17.5 Å². The van der Waals surface area contributed by atoms with Crippen molar-refractivity contribution < 1.29 is 28.7 Å². The summed E-state index contributed by atoms with van der Waals surface area (Å²) in [6.07, 6.45) is 2.91. The van der Waals surface area contributed by atoms with Crippen molar-refractivity contribution in [2.75, 3.05) is 26.2 Å². The number of nitrogens with one attached hydrogen (secondary N) is 3. The summed E-state index contributed by atoms with van der Waals surface area (Å²) in [4.78, 5) is 54.1. The molecule has 1 fully saturated rings. The molecule has 0 unspecified atom stereocenters. The van der Waals surface area contributed by atoms with E-state index in [4.69, 9.17) is 9.47 Å². The zero-order chi connectivity index (χ0) is 30.5. The summed E-state index contributed by atoms with van der Waals surface area (Å²) in [6.45, 7) is 1.25. The van der Waals surface area contributed by atoms with Gasteiger partial charge in [-0.25, -0.2) is 0 Å². The Labute approximate surface area is 257 Å². The number of thiophene rings is 1. The number of aromatic nitrogens is 2. The molecule has 0 saturated carbocycles. The molecule has 44 heavy (non-hydrogen) atoms. The van der Waals surface area contributed by atoms with Crippen LogP contribution in [0.1, 0.15) is 36.6 Å². The van der Waals surface area contributed by atoms with Crippen LogP contribution in [-0.2, 0) is 17.9 Å². The molecule has 7 rings (SSSR count). The first-order valence-electron chi connectivity index (χ1n) is 14.1. The second-order valence-corrected chi connectivity index (χ2v) is 11.2.